The summed E-state index contributed by atoms with van der Waals surface area (Å²) in [5.74, 6) is -0.517. The van der Waals surface area contributed by atoms with Crippen LogP contribution in [0.1, 0.15) is 25.5 Å². The lowest BCUT2D eigenvalue weighted by Gasteiger charge is -2.17. The van der Waals surface area contributed by atoms with Gasteiger partial charge in [-0.2, -0.15) is 0 Å². The second-order valence-corrected chi connectivity index (χ2v) is 4.81. The third kappa shape index (κ3) is 2.45. The third-order valence-corrected chi connectivity index (χ3v) is 3.06. The van der Waals surface area contributed by atoms with Gasteiger partial charge in [-0.05, 0) is 31.5 Å². The van der Waals surface area contributed by atoms with E-state index in [4.69, 9.17) is 32.7 Å². The molecule has 2 nitrogen and oxygen atoms in total. The fourth-order valence-corrected chi connectivity index (χ4v) is 1.87. The summed E-state index contributed by atoms with van der Waals surface area (Å²) in [5.41, 5.74) is 0.995. The number of ether oxygens (including phenoxy) is 2. The Hall–Kier alpha value is -0.280. The molecule has 1 heterocycles. The Bertz CT molecular complexity index is 377. The molecule has 4 heteroatoms. The molecule has 15 heavy (non-hydrogen) atoms. The van der Waals surface area contributed by atoms with E-state index in [2.05, 4.69) is 0 Å². The van der Waals surface area contributed by atoms with E-state index < -0.39 is 5.79 Å². The Balaban J connectivity index is 2.21. The highest BCUT2D eigenvalue weighted by molar-refractivity contribution is 6.42. The maximum atomic E-state index is 5.94. The maximum Gasteiger partial charge on any atom is 0.163 e. The van der Waals surface area contributed by atoms with E-state index in [1.807, 2.05) is 26.0 Å². The number of halogens is 2. The number of hydrogen-bond acceptors (Lipinski definition) is 2. The van der Waals surface area contributed by atoms with E-state index in [1.54, 1.807) is 6.07 Å². The predicted octanol–water partition coefficient (Wildman–Crippen LogP) is 3.82. The molecule has 0 spiro atoms. The Morgan fingerprint density at radius 3 is 2.53 bits per heavy atom. The van der Waals surface area contributed by atoms with Crippen molar-refractivity contribution in [2.24, 2.45) is 0 Å². The standard InChI is InChI=1S/C11H12Cl2O2/c1-11(2)14-6-10(15-11)7-3-4-8(12)9(13)5-7/h3-5,10H,6H2,1-2H3. The summed E-state index contributed by atoms with van der Waals surface area (Å²) in [6.07, 6.45) is -0.0604. The van der Waals surface area contributed by atoms with Crippen LogP contribution in [0.5, 0.6) is 0 Å². The molecule has 0 aliphatic carbocycles. The zero-order valence-corrected chi connectivity index (χ0v) is 10.1. The van der Waals surface area contributed by atoms with Crippen LogP contribution in [0, 0.1) is 0 Å². The molecule has 1 saturated heterocycles. The van der Waals surface area contributed by atoms with Crippen molar-refractivity contribution < 1.29 is 9.47 Å². The topological polar surface area (TPSA) is 18.5 Å². The summed E-state index contributed by atoms with van der Waals surface area (Å²) >= 11 is 11.8. The molecule has 82 valence electrons. The lowest BCUT2D eigenvalue weighted by molar-refractivity contribution is -0.139. The number of hydrogen-bond donors (Lipinski definition) is 0. The van der Waals surface area contributed by atoms with Gasteiger partial charge in [0, 0.05) is 0 Å². The molecule has 0 bridgehead atoms. The van der Waals surface area contributed by atoms with Crippen LogP contribution in [-0.2, 0) is 9.47 Å². The monoisotopic (exact) mass is 246 g/mol. The zero-order chi connectivity index (χ0) is 11.1. The molecule has 1 aliphatic heterocycles. The molecule has 1 fully saturated rings. The Morgan fingerprint density at radius 1 is 1.27 bits per heavy atom. The van der Waals surface area contributed by atoms with Gasteiger partial charge in [-0.3, -0.25) is 0 Å². The van der Waals surface area contributed by atoms with Gasteiger partial charge in [0.2, 0.25) is 0 Å². The number of rotatable bonds is 1. The highest BCUT2D eigenvalue weighted by atomic mass is 35.5. The first-order valence-electron chi connectivity index (χ1n) is 4.75. The van der Waals surface area contributed by atoms with E-state index in [-0.39, 0.29) is 6.10 Å². The molecular weight excluding hydrogens is 235 g/mol. The van der Waals surface area contributed by atoms with E-state index in [0.717, 1.165) is 5.56 Å². The highest BCUT2D eigenvalue weighted by Crippen LogP contribution is 2.35. The largest absolute Gasteiger partial charge is 0.347 e. The zero-order valence-electron chi connectivity index (χ0n) is 8.59. The van der Waals surface area contributed by atoms with Crippen LogP contribution >= 0.6 is 23.2 Å². The van der Waals surface area contributed by atoms with E-state index in [9.17, 15) is 0 Å². The molecule has 0 amide bonds. The molecule has 0 radical (unpaired) electrons. The Kier molecular flexibility index (Phi) is 2.95. The second-order valence-electron chi connectivity index (χ2n) is 3.99. The molecular formula is C11H12Cl2O2. The lowest BCUT2D eigenvalue weighted by atomic mass is 10.1. The molecule has 1 aromatic rings. The molecule has 1 aliphatic rings. The van der Waals surface area contributed by atoms with Crippen molar-refractivity contribution in [1.29, 1.82) is 0 Å². The van der Waals surface area contributed by atoms with E-state index in [0.29, 0.717) is 16.7 Å². The Morgan fingerprint density at radius 2 is 2.00 bits per heavy atom. The quantitative estimate of drug-likeness (QED) is 0.751. The molecule has 0 aromatic heterocycles. The molecule has 0 saturated carbocycles. The van der Waals surface area contributed by atoms with Crippen molar-refractivity contribution in [3.63, 3.8) is 0 Å². The second kappa shape index (κ2) is 3.95. The van der Waals surface area contributed by atoms with Crippen LogP contribution in [0.2, 0.25) is 10.0 Å². The van der Waals surface area contributed by atoms with Gasteiger partial charge in [0.1, 0.15) is 6.10 Å². The molecule has 1 aromatic carbocycles. The first-order valence-corrected chi connectivity index (χ1v) is 5.50. The molecule has 1 unspecified atom stereocenters. The van der Waals surface area contributed by atoms with Gasteiger partial charge in [-0.15, -0.1) is 0 Å². The van der Waals surface area contributed by atoms with Crippen molar-refractivity contribution in [3.8, 4) is 0 Å². The third-order valence-electron chi connectivity index (χ3n) is 2.32. The van der Waals surface area contributed by atoms with E-state index >= 15 is 0 Å². The van der Waals surface area contributed by atoms with Crippen LogP contribution < -0.4 is 0 Å². The number of benzene rings is 1. The normalized spacial score (nSPS) is 24.4. The minimum absolute atomic E-state index is 0.0604. The SMILES string of the molecule is CC1(C)OCC(c2ccc(Cl)c(Cl)c2)O1. The van der Waals surface area contributed by atoms with Crippen LogP contribution in [0.3, 0.4) is 0 Å². The highest BCUT2D eigenvalue weighted by Gasteiger charge is 2.33. The van der Waals surface area contributed by atoms with Crippen LogP contribution in [-0.4, -0.2) is 12.4 Å². The maximum absolute atomic E-state index is 5.94. The smallest absolute Gasteiger partial charge is 0.163 e. The van der Waals surface area contributed by atoms with Crippen molar-refractivity contribution in [2.45, 2.75) is 25.7 Å². The summed E-state index contributed by atoms with van der Waals surface area (Å²) in [4.78, 5) is 0. The minimum Gasteiger partial charge on any atom is -0.347 e. The first kappa shape index (κ1) is 11.2. The van der Waals surface area contributed by atoms with Gasteiger partial charge in [0.15, 0.2) is 5.79 Å². The van der Waals surface area contributed by atoms with E-state index in [1.165, 1.54) is 0 Å². The van der Waals surface area contributed by atoms with Crippen LogP contribution in [0.25, 0.3) is 0 Å². The van der Waals surface area contributed by atoms with Gasteiger partial charge >= 0.3 is 0 Å². The molecule has 0 N–H and O–H groups in total. The summed E-state index contributed by atoms with van der Waals surface area (Å²) < 4.78 is 11.2. The van der Waals surface area contributed by atoms with Crippen molar-refractivity contribution in [3.05, 3.63) is 33.8 Å². The average molecular weight is 247 g/mol. The summed E-state index contributed by atoms with van der Waals surface area (Å²) in [6.45, 7) is 4.33. The van der Waals surface area contributed by atoms with Crippen molar-refractivity contribution in [2.75, 3.05) is 6.61 Å². The fraction of sp³-hybridized carbons (Fsp3) is 0.455. The van der Waals surface area contributed by atoms with Crippen LogP contribution in [0.4, 0.5) is 0 Å². The average Bonchev–Trinajstić information content (AvgIpc) is 2.51. The fourth-order valence-electron chi connectivity index (χ4n) is 1.56. The summed E-state index contributed by atoms with van der Waals surface area (Å²) in [7, 11) is 0. The van der Waals surface area contributed by atoms with Crippen molar-refractivity contribution >= 4 is 23.2 Å². The summed E-state index contributed by atoms with van der Waals surface area (Å²) in [5, 5.41) is 1.10. The Labute approximate surface area is 99.1 Å². The van der Waals surface area contributed by atoms with Crippen LogP contribution in [0.15, 0.2) is 18.2 Å². The van der Waals surface area contributed by atoms with Gasteiger partial charge in [0.25, 0.3) is 0 Å². The molecule has 1 atom stereocenters. The van der Waals surface area contributed by atoms with Gasteiger partial charge < -0.3 is 9.47 Å². The minimum atomic E-state index is -0.517. The van der Waals surface area contributed by atoms with Crippen molar-refractivity contribution in [1.82, 2.24) is 0 Å². The molecule has 2 rings (SSSR count). The van der Waals surface area contributed by atoms with Gasteiger partial charge in [-0.25, -0.2) is 0 Å². The summed E-state index contributed by atoms with van der Waals surface area (Å²) in [6, 6.07) is 5.50. The lowest BCUT2D eigenvalue weighted by Crippen LogP contribution is -2.19. The van der Waals surface area contributed by atoms with Gasteiger partial charge in [0.05, 0.1) is 16.7 Å². The van der Waals surface area contributed by atoms with Gasteiger partial charge in [-0.1, -0.05) is 29.3 Å². The predicted molar refractivity (Wildman–Crippen MR) is 60.3 cm³/mol. The first-order chi connectivity index (χ1) is 6.98.